The van der Waals surface area contributed by atoms with Crippen molar-refractivity contribution in [3.05, 3.63) is 55.5 Å². The number of hydrogen-bond acceptors (Lipinski definition) is 5. The SMILES string of the molecule is CCOc1ccc(-n2c(=O)[nH]c3sc(C(C)=O)c(C)c3c2=O)cc1. The van der Waals surface area contributed by atoms with Crippen LogP contribution in [-0.4, -0.2) is 21.9 Å². The first kappa shape index (κ1) is 16.2. The molecule has 0 aliphatic carbocycles. The predicted octanol–water partition coefficient (Wildman–Crippen LogP) is 2.65. The first-order chi connectivity index (χ1) is 11.4. The van der Waals surface area contributed by atoms with E-state index in [2.05, 4.69) is 4.98 Å². The molecular weight excluding hydrogens is 328 g/mol. The molecule has 0 unspecified atom stereocenters. The number of fused-ring (bicyclic) bond motifs is 1. The molecule has 0 radical (unpaired) electrons. The molecule has 0 saturated carbocycles. The van der Waals surface area contributed by atoms with Gasteiger partial charge in [-0.2, -0.15) is 0 Å². The van der Waals surface area contributed by atoms with E-state index in [4.69, 9.17) is 4.74 Å². The Morgan fingerprint density at radius 1 is 1.25 bits per heavy atom. The van der Waals surface area contributed by atoms with Crippen LogP contribution in [-0.2, 0) is 0 Å². The lowest BCUT2D eigenvalue weighted by molar-refractivity contribution is 0.102. The highest BCUT2D eigenvalue weighted by Gasteiger charge is 2.18. The number of benzene rings is 1. The number of nitrogens with zero attached hydrogens (tertiary/aromatic N) is 1. The first-order valence-corrected chi connectivity index (χ1v) is 8.28. The van der Waals surface area contributed by atoms with Crippen molar-refractivity contribution in [1.29, 1.82) is 0 Å². The quantitative estimate of drug-likeness (QED) is 0.738. The van der Waals surface area contributed by atoms with E-state index in [1.807, 2.05) is 6.92 Å². The molecule has 3 rings (SSSR count). The van der Waals surface area contributed by atoms with E-state index in [1.165, 1.54) is 6.92 Å². The van der Waals surface area contributed by atoms with Gasteiger partial charge in [-0.3, -0.25) is 14.6 Å². The van der Waals surface area contributed by atoms with E-state index in [0.717, 1.165) is 15.9 Å². The van der Waals surface area contributed by atoms with Gasteiger partial charge in [-0.25, -0.2) is 9.36 Å². The van der Waals surface area contributed by atoms with Crippen LogP contribution in [0.4, 0.5) is 0 Å². The van der Waals surface area contributed by atoms with Crippen LogP contribution in [0.3, 0.4) is 0 Å². The summed E-state index contributed by atoms with van der Waals surface area (Å²) >= 11 is 1.13. The number of carbonyl (C=O) groups excluding carboxylic acids is 1. The fourth-order valence-corrected chi connectivity index (χ4v) is 3.73. The minimum atomic E-state index is -0.534. The van der Waals surface area contributed by atoms with Crippen LogP contribution in [0.5, 0.6) is 5.75 Å². The van der Waals surface area contributed by atoms with E-state index in [0.29, 0.717) is 38.7 Å². The minimum Gasteiger partial charge on any atom is -0.494 e. The van der Waals surface area contributed by atoms with Gasteiger partial charge in [0.25, 0.3) is 5.56 Å². The monoisotopic (exact) mass is 344 g/mol. The number of ether oxygens (including phenoxy) is 1. The standard InChI is InChI=1S/C17H16N2O4S/c1-4-23-12-7-5-11(6-8-12)19-16(21)13-9(2)14(10(3)20)24-15(13)18-17(19)22/h5-8H,4H2,1-3H3,(H,18,22). The van der Waals surface area contributed by atoms with Crippen molar-refractivity contribution >= 4 is 27.3 Å². The fraction of sp³-hybridized carbons (Fsp3) is 0.235. The largest absolute Gasteiger partial charge is 0.494 e. The summed E-state index contributed by atoms with van der Waals surface area (Å²) in [4.78, 5) is 40.5. The second kappa shape index (κ2) is 6.09. The molecule has 0 amide bonds. The van der Waals surface area contributed by atoms with Gasteiger partial charge in [-0.15, -0.1) is 11.3 Å². The molecule has 24 heavy (non-hydrogen) atoms. The number of thiophene rings is 1. The maximum atomic E-state index is 12.8. The van der Waals surface area contributed by atoms with Gasteiger partial charge in [0, 0.05) is 0 Å². The molecule has 7 heteroatoms. The number of nitrogens with one attached hydrogen (secondary N) is 1. The Hall–Kier alpha value is -2.67. The molecule has 2 heterocycles. The second-order valence-corrected chi connectivity index (χ2v) is 6.33. The number of hydrogen-bond donors (Lipinski definition) is 1. The summed E-state index contributed by atoms with van der Waals surface area (Å²) in [5, 5.41) is 0.374. The van der Waals surface area contributed by atoms with E-state index >= 15 is 0 Å². The average Bonchev–Trinajstić information content (AvgIpc) is 2.86. The molecule has 124 valence electrons. The molecule has 3 aromatic rings. The Balaban J connectivity index is 2.25. The van der Waals surface area contributed by atoms with Gasteiger partial charge in [0.05, 0.1) is 22.6 Å². The van der Waals surface area contributed by atoms with Gasteiger partial charge in [-0.1, -0.05) is 0 Å². The Kier molecular flexibility index (Phi) is 4.11. The van der Waals surface area contributed by atoms with Gasteiger partial charge >= 0.3 is 5.69 Å². The maximum Gasteiger partial charge on any atom is 0.334 e. The van der Waals surface area contributed by atoms with Crippen molar-refractivity contribution in [1.82, 2.24) is 9.55 Å². The van der Waals surface area contributed by atoms with E-state index in [9.17, 15) is 14.4 Å². The van der Waals surface area contributed by atoms with Crippen LogP contribution in [0.2, 0.25) is 0 Å². The van der Waals surface area contributed by atoms with Crippen LogP contribution in [0.1, 0.15) is 29.1 Å². The van der Waals surface area contributed by atoms with Gasteiger partial charge in [-0.05, 0) is 50.6 Å². The summed E-state index contributed by atoms with van der Waals surface area (Å²) in [5.41, 5.74) is 0.0807. The summed E-state index contributed by atoms with van der Waals surface area (Å²) < 4.78 is 6.44. The summed E-state index contributed by atoms with van der Waals surface area (Å²) in [7, 11) is 0. The number of H-pyrrole nitrogens is 1. The average molecular weight is 344 g/mol. The van der Waals surface area contributed by atoms with Crippen molar-refractivity contribution in [2.24, 2.45) is 0 Å². The number of Topliss-reactive ketones (excluding diaryl/α,β-unsaturated/α-hetero) is 1. The number of ketones is 1. The molecule has 0 spiro atoms. The number of aromatic amines is 1. The van der Waals surface area contributed by atoms with Gasteiger partial charge < -0.3 is 4.74 Å². The predicted molar refractivity (Wildman–Crippen MR) is 94.0 cm³/mol. The molecule has 6 nitrogen and oxygen atoms in total. The fourth-order valence-electron chi connectivity index (χ4n) is 2.64. The van der Waals surface area contributed by atoms with Crippen molar-refractivity contribution in [2.75, 3.05) is 6.61 Å². The number of aromatic nitrogens is 2. The Morgan fingerprint density at radius 2 is 1.92 bits per heavy atom. The van der Waals surface area contributed by atoms with E-state index < -0.39 is 11.2 Å². The van der Waals surface area contributed by atoms with Gasteiger partial charge in [0.2, 0.25) is 0 Å². The molecule has 0 saturated heterocycles. The maximum absolute atomic E-state index is 12.8. The number of rotatable bonds is 4. The number of carbonyl (C=O) groups is 1. The summed E-state index contributed by atoms with van der Waals surface area (Å²) in [6.07, 6.45) is 0. The van der Waals surface area contributed by atoms with Crippen LogP contribution in [0, 0.1) is 6.92 Å². The first-order valence-electron chi connectivity index (χ1n) is 7.46. The topological polar surface area (TPSA) is 81.2 Å². The highest BCUT2D eigenvalue weighted by Crippen LogP contribution is 2.26. The van der Waals surface area contributed by atoms with Crippen molar-refractivity contribution < 1.29 is 9.53 Å². The summed E-state index contributed by atoms with van der Waals surface area (Å²) in [6.45, 7) is 5.58. The van der Waals surface area contributed by atoms with Crippen LogP contribution >= 0.6 is 11.3 Å². The lowest BCUT2D eigenvalue weighted by atomic mass is 10.2. The third kappa shape index (κ3) is 2.56. The third-order valence-corrected chi connectivity index (χ3v) is 5.02. The van der Waals surface area contributed by atoms with Crippen LogP contribution in [0.15, 0.2) is 33.9 Å². The Labute approximate surface area is 141 Å². The van der Waals surface area contributed by atoms with Gasteiger partial charge in [0.15, 0.2) is 5.78 Å². The zero-order chi connectivity index (χ0) is 17.4. The summed E-state index contributed by atoms with van der Waals surface area (Å²) in [6, 6.07) is 6.72. The second-order valence-electron chi connectivity index (χ2n) is 5.31. The molecule has 0 fully saturated rings. The molecule has 1 aromatic carbocycles. The van der Waals surface area contributed by atoms with Crippen molar-refractivity contribution in [3.8, 4) is 11.4 Å². The van der Waals surface area contributed by atoms with E-state index in [1.54, 1.807) is 31.2 Å². The van der Waals surface area contributed by atoms with Crippen molar-refractivity contribution in [3.63, 3.8) is 0 Å². The molecule has 2 aromatic heterocycles. The Morgan fingerprint density at radius 3 is 2.50 bits per heavy atom. The Bertz CT molecular complexity index is 1040. The zero-order valence-corrected chi connectivity index (χ0v) is 14.3. The smallest absolute Gasteiger partial charge is 0.334 e. The minimum absolute atomic E-state index is 0.124. The molecular formula is C17H16N2O4S. The summed E-state index contributed by atoms with van der Waals surface area (Å²) in [5.74, 6) is 0.541. The van der Waals surface area contributed by atoms with Crippen LogP contribution in [0.25, 0.3) is 15.9 Å². The number of aryl methyl sites for hydroxylation is 1. The molecule has 0 aliphatic rings. The highest BCUT2D eigenvalue weighted by molar-refractivity contribution is 7.20. The lowest BCUT2D eigenvalue weighted by Crippen LogP contribution is -2.33. The molecule has 1 N–H and O–H groups in total. The normalized spacial score (nSPS) is 11.0. The lowest BCUT2D eigenvalue weighted by Gasteiger charge is -2.07. The molecule has 0 bridgehead atoms. The van der Waals surface area contributed by atoms with Gasteiger partial charge in [0.1, 0.15) is 10.6 Å². The van der Waals surface area contributed by atoms with E-state index in [-0.39, 0.29) is 5.78 Å². The van der Waals surface area contributed by atoms with Crippen LogP contribution < -0.4 is 16.0 Å². The third-order valence-electron chi connectivity index (χ3n) is 3.71. The highest BCUT2D eigenvalue weighted by atomic mass is 32.1. The zero-order valence-electron chi connectivity index (χ0n) is 13.5. The molecule has 0 atom stereocenters. The van der Waals surface area contributed by atoms with Crippen molar-refractivity contribution in [2.45, 2.75) is 20.8 Å². The molecule has 0 aliphatic heterocycles.